The molecule has 0 saturated heterocycles. The smallest absolute Gasteiger partial charge is 0.334 e. The summed E-state index contributed by atoms with van der Waals surface area (Å²) >= 11 is 0. The Kier molecular flexibility index (Phi) is 7.68. The fourth-order valence-electron chi connectivity index (χ4n) is 3.12. The van der Waals surface area contributed by atoms with Crippen molar-refractivity contribution in [3.05, 3.63) is 29.3 Å². The molecular formula is C19H25F6N3O2S. The minimum atomic E-state index is -5.01. The van der Waals surface area contributed by atoms with Crippen LogP contribution in [0.15, 0.2) is 18.2 Å². The Hall–Kier alpha value is -1.82. The molecule has 0 aliphatic heterocycles. The number of rotatable bonds is 4. The van der Waals surface area contributed by atoms with E-state index in [1.54, 1.807) is 20.8 Å². The van der Waals surface area contributed by atoms with E-state index in [1.165, 1.54) is 0 Å². The zero-order valence-corrected chi connectivity index (χ0v) is 18.0. The van der Waals surface area contributed by atoms with Crippen molar-refractivity contribution in [3.63, 3.8) is 0 Å². The standard InChI is InChI=1S/C19H25F6N3O2S/c1-17(2,3)31(30)28-15-7-5-4-6-14(15)27-16(29)26-13-9-11(18(20,21)22)8-12(10-13)19(23,24)25/h8-10,14-15,28H,4-7H2,1-3H3,(H2,26,27,29)/t14-,15-,31-/m1/s1. The molecule has 1 aliphatic rings. The molecular weight excluding hydrogens is 448 g/mol. The molecule has 1 aliphatic carbocycles. The molecule has 0 spiro atoms. The summed E-state index contributed by atoms with van der Waals surface area (Å²) in [4.78, 5) is 12.3. The Morgan fingerprint density at radius 3 is 1.84 bits per heavy atom. The predicted molar refractivity (Wildman–Crippen MR) is 106 cm³/mol. The van der Waals surface area contributed by atoms with Gasteiger partial charge in [-0.25, -0.2) is 13.7 Å². The summed E-state index contributed by atoms with van der Waals surface area (Å²) < 4.78 is 92.7. The van der Waals surface area contributed by atoms with E-state index < -0.39 is 57.0 Å². The van der Waals surface area contributed by atoms with Gasteiger partial charge in [0.1, 0.15) is 0 Å². The van der Waals surface area contributed by atoms with Crippen LogP contribution in [0.4, 0.5) is 36.8 Å². The third kappa shape index (κ3) is 7.37. The van der Waals surface area contributed by atoms with Gasteiger partial charge in [0.15, 0.2) is 0 Å². The highest BCUT2D eigenvalue weighted by molar-refractivity contribution is 7.84. The van der Waals surface area contributed by atoms with Gasteiger partial charge in [-0.1, -0.05) is 12.8 Å². The SMILES string of the molecule is CC(C)(C)[S@@](=O)N[C@@H]1CCCC[C@H]1NC(=O)Nc1cc(C(F)(F)F)cc(C(F)(F)F)c1. The molecule has 3 N–H and O–H groups in total. The normalized spacial score (nSPS) is 21.5. The van der Waals surface area contributed by atoms with Gasteiger partial charge in [0.25, 0.3) is 0 Å². The second-order valence-electron chi connectivity index (χ2n) is 8.39. The molecule has 2 amide bonds. The molecule has 0 radical (unpaired) electrons. The lowest BCUT2D eigenvalue weighted by Crippen LogP contribution is -2.54. The molecule has 176 valence electrons. The van der Waals surface area contributed by atoms with Crippen molar-refractivity contribution in [2.75, 3.05) is 5.32 Å². The molecule has 2 rings (SSSR count). The van der Waals surface area contributed by atoms with Crippen molar-refractivity contribution < 1.29 is 35.3 Å². The van der Waals surface area contributed by atoms with Crippen molar-refractivity contribution in [3.8, 4) is 0 Å². The van der Waals surface area contributed by atoms with Crippen LogP contribution < -0.4 is 15.4 Å². The minimum absolute atomic E-state index is 0.00795. The topological polar surface area (TPSA) is 70.2 Å². The van der Waals surface area contributed by atoms with E-state index in [-0.39, 0.29) is 12.1 Å². The minimum Gasteiger partial charge on any atom is -0.334 e. The van der Waals surface area contributed by atoms with Crippen LogP contribution in [-0.2, 0) is 23.3 Å². The first-order chi connectivity index (χ1) is 14.1. The zero-order chi connectivity index (χ0) is 23.6. The van der Waals surface area contributed by atoms with E-state index in [1.807, 2.05) is 0 Å². The molecule has 1 aromatic rings. The molecule has 0 heterocycles. The molecule has 0 aromatic heterocycles. The first-order valence-corrected chi connectivity index (χ1v) is 10.8. The first kappa shape index (κ1) is 25.4. The molecule has 3 atom stereocenters. The van der Waals surface area contributed by atoms with Crippen LogP contribution in [0.1, 0.15) is 57.6 Å². The number of alkyl halides is 6. The maximum absolute atomic E-state index is 13.0. The maximum atomic E-state index is 13.0. The van der Waals surface area contributed by atoms with Gasteiger partial charge in [-0.2, -0.15) is 26.3 Å². The summed E-state index contributed by atoms with van der Waals surface area (Å²) in [5.41, 5.74) is -3.66. The van der Waals surface area contributed by atoms with E-state index in [0.29, 0.717) is 25.0 Å². The number of anilines is 1. The highest BCUT2D eigenvalue weighted by atomic mass is 32.2. The summed E-state index contributed by atoms with van der Waals surface area (Å²) in [5, 5.41) is 4.65. The van der Waals surface area contributed by atoms with E-state index >= 15 is 0 Å². The van der Waals surface area contributed by atoms with Crippen LogP contribution in [0.2, 0.25) is 0 Å². The Morgan fingerprint density at radius 2 is 1.39 bits per heavy atom. The zero-order valence-electron chi connectivity index (χ0n) is 17.2. The largest absolute Gasteiger partial charge is 0.416 e. The number of nitrogens with one attached hydrogen (secondary N) is 3. The lowest BCUT2D eigenvalue weighted by molar-refractivity contribution is -0.143. The lowest BCUT2D eigenvalue weighted by Gasteiger charge is -2.34. The van der Waals surface area contributed by atoms with Crippen molar-refractivity contribution in [1.82, 2.24) is 10.0 Å². The number of benzene rings is 1. The van der Waals surface area contributed by atoms with Gasteiger partial charge in [-0.15, -0.1) is 0 Å². The van der Waals surface area contributed by atoms with E-state index in [2.05, 4.69) is 15.4 Å². The number of hydrogen-bond donors (Lipinski definition) is 3. The summed E-state index contributed by atoms with van der Waals surface area (Å²) in [6.45, 7) is 5.33. The first-order valence-electron chi connectivity index (χ1n) is 9.62. The molecule has 1 fully saturated rings. The van der Waals surface area contributed by atoms with Crippen LogP contribution in [0, 0.1) is 0 Å². The Labute approximate surface area is 178 Å². The Balaban J connectivity index is 2.16. The summed E-state index contributed by atoms with van der Waals surface area (Å²) in [5.74, 6) is 0. The number of amides is 2. The highest BCUT2D eigenvalue weighted by Crippen LogP contribution is 2.37. The van der Waals surface area contributed by atoms with E-state index in [9.17, 15) is 35.3 Å². The Morgan fingerprint density at radius 1 is 0.903 bits per heavy atom. The third-order valence-corrected chi connectivity index (χ3v) is 6.37. The van der Waals surface area contributed by atoms with Crippen molar-refractivity contribution in [1.29, 1.82) is 0 Å². The quantitative estimate of drug-likeness (QED) is 0.526. The molecule has 31 heavy (non-hydrogen) atoms. The fraction of sp³-hybridized carbons (Fsp3) is 0.632. The Bertz CT molecular complexity index is 788. The second kappa shape index (κ2) is 9.35. The number of urea groups is 1. The van der Waals surface area contributed by atoms with Crippen LogP contribution in [0.5, 0.6) is 0 Å². The van der Waals surface area contributed by atoms with Crippen LogP contribution in [0.25, 0.3) is 0 Å². The molecule has 0 unspecified atom stereocenters. The lowest BCUT2D eigenvalue weighted by atomic mass is 9.91. The second-order valence-corrected chi connectivity index (χ2v) is 10.4. The molecule has 12 heteroatoms. The average Bonchev–Trinajstić information content (AvgIpc) is 2.60. The van der Waals surface area contributed by atoms with Crippen LogP contribution in [-0.4, -0.2) is 27.1 Å². The maximum Gasteiger partial charge on any atom is 0.416 e. The summed E-state index contributed by atoms with van der Waals surface area (Å²) in [6, 6.07) is -0.876. The monoisotopic (exact) mass is 473 g/mol. The van der Waals surface area contributed by atoms with Gasteiger partial charge in [0.05, 0.1) is 26.9 Å². The average molecular weight is 473 g/mol. The third-order valence-electron chi connectivity index (χ3n) is 4.74. The van der Waals surface area contributed by atoms with Gasteiger partial charge in [0.2, 0.25) is 0 Å². The fourth-order valence-corrected chi connectivity index (χ4v) is 4.03. The van der Waals surface area contributed by atoms with Crippen molar-refractivity contribution in [2.24, 2.45) is 0 Å². The number of hydrogen-bond acceptors (Lipinski definition) is 2. The molecule has 1 aromatic carbocycles. The predicted octanol–water partition coefficient (Wildman–Crippen LogP) is 5.21. The molecule has 0 bridgehead atoms. The van der Waals surface area contributed by atoms with Crippen LogP contribution >= 0.6 is 0 Å². The van der Waals surface area contributed by atoms with Gasteiger partial charge >= 0.3 is 18.4 Å². The van der Waals surface area contributed by atoms with Gasteiger partial charge in [0, 0.05) is 17.8 Å². The number of carbonyl (C=O) groups excluding carboxylic acids is 1. The summed E-state index contributed by atoms with van der Waals surface area (Å²) in [6.07, 6.45) is -7.26. The van der Waals surface area contributed by atoms with Crippen LogP contribution in [0.3, 0.4) is 0 Å². The van der Waals surface area contributed by atoms with Gasteiger partial charge in [-0.3, -0.25) is 0 Å². The van der Waals surface area contributed by atoms with Crippen molar-refractivity contribution >= 4 is 22.7 Å². The van der Waals surface area contributed by atoms with Gasteiger partial charge in [-0.05, 0) is 51.8 Å². The van der Waals surface area contributed by atoms with Gasteiger partial charge < -0.3 is 10.6 Å². The summed E-state index contributed by atoms with van der Waals surface area (Å²) in [7, 11) is -1.41. The highest BCUT2D eigenvalue weighted by Gasteiger charge is 2.37. The van der Waals surface area contributed by atoms with Crippen molar-refractivity contribution in [2.45, 2.75) is 75.6 Å². The molecule has 1 saturated carbocycles. The number of halogens is 6. The van der Waals surface area contributed by atoms with E-state index in [4.69, 9.17) is 0 Å². The molecule has 5 nitrogen and oxygen atoms in total. The number of carbonyl (C=O) groups is 1. The van der Waals surface area contributed by atoms with E-state index in [0.717, 1.165) is 12.8 Å².